The molecule has 130 valence electrons. The van der Waals surface area contributed by atoms with Crippen LogP contribution in [0.4, 0.5) is 0 Å². The van der Waals surface area contributed by atoms with Gasteiger partial charge in [-0.05, 0) is 51.3 Å². The number of carbonyl (C=O) groups excluding carboxylic acids is 2. The van der Waals surface area contributed by atoms with Crippen molar-refractivity contribution < 1.29 is 9.59 Å². The molecule has 0 unspecified atom stereocenters. The third-order valence-corrected chi connectivity index (χ3v) is 5.34. The molecule has 1 saturated carbocycles. The van der Waals surface area contributed by atoms with Gasteiger partial charge in [0.25, 0.3) is 0 Å². The van der Waals surface area contributed by atoms with Gasteiger partial charge < -0.3 is 16.0 Å². The maximum atomic E-state index is 12.4. The molecule has 1 saturated heterocycles. The largest absolute Gasteiger partial charge is 0.369 e. The number of rotatable bonds is 6. The number of benzene rings is 1. The summed E-state index contributed by atoms with van der Waals surface area (Å²) < 4.78 is 0. The second kappa shape index (κ2) is 6.93. The van der Waals surface area contributed by atoms with Crippen molar-refractivity contribution in [2.45, 2.75) is 44.6 Å². The SMILES string of the molecule is Cc1cccc(C2(NC(=O)CCN3CCC(C(N)=O)CC3)CC2)c1. The van der Waals surface area contributed by atoms with Crippen molar-refractivity contribution >= 4 is 11.8 Å². The first-order valence-corrected chi connectivity index (χ1v) is 8.88. The van der Waals surface area contributed by atoms with Crippen LogP contribution in [-0.2, 0) is 15.1 Å². The van der Waals surface area contributed by atoms with E-state index >= 15 is 0 Å². The minimum absolute atomic E-state index is 0.00568. The van der Waals surface area contributed by atoms with Gasteiger partial charge in [0.1, 0.15) is 0 Å². The average molecular weight is 329 g/mol. The molecule has 0 bridgehead atoms. The minimum atomic E-state index is -0.193. The molecule has 1 aliphatic carbocycles. The predicted molar refractivity (Wildman–Crippen MR) is 93.2 cm³/mol. The van der Waals surface area contributed by atoms with Crippen LogP contribution >= 0.6 is 0 Å². The molecule has 24 heavy (non-hydrogen) atoms. The van der Waals surface area contributed by atoms with Crippen LogP contribution in [0, 0.1) is 12.8 Å². The Balaban J connectivity index is 1.46. The second-order valence-corrected chi connectivity index (χ2v) is 7.27. The van der Waals surface area contributed by atoms with Crippen molar-refractivity contribution in [3.05, 3.63) is 35.4 Å². The number of aryl methyl sites for hydroxylation is 1. The highest BCUT2D eigenvalue weighted by Crippen LogP contribution is 2.45. The molecule has 0 radical (unpaired) electrons. The lowest BCUT2D eigenvalue weighted by atomic mass is 9.96. The van der Waals surface area contributed by atoms with Gasteiger partial charge in [-0.15, -0.1) is 0 Å². The Kier molecular flexibility index (Phi) is 4.90. The Morgan fingerprint density at radius 2 is 2.00 bits per heavy atom. The van der Waals surface area contributed by atoms with Gasteiger partial charge in [-0.1, -0.05) is 29.8 Å². The minimum Gasteiger partial charge on any atom is -0.369 e. The van der Waals surface area contributed by atoms with Crippen molar-refractivity contribution in [3.8, 4) is 0 Å². The van der Waals surface area contributed by atoms with Crippen molar-refractivity contribution in [1.82, 2.24) is 10.2 Å². The summed E-state index contributed by atoms with van der Waals surface area (Å²) in [7, 11) is 0. The van der Waals surface area contributed by atoms with Crippen LogP contribution in [0.3, 0.4) is 0 Å². The fraction of sp³-hybridized carbons (Fsp3) is 0.579. The smallest absolute Gasteiger partial charge is 0.221 e. The summed E-state index contributed by atoms with van der Waals surface area (Å²) in [6, 6.07) is 8.41. The number of carbonyl (C=O) groups is 2. The zero-order valence-corrected chi connectivity index (χ0v) is 14.4. The first-order chi connectivity index (χ1) is 11.5. The highest BCUT2D eigenvalue weighted by molar-refractivity contribution is 5.78. The summed E-state index contributed by atoms with van der Waals surface area (Å²) in [5.41, 5.74) is 7.67. The molecule has 3 rings (SSSR count). The highest BCUT2D eigenvalue weighted by atomic mass is 16.2. The van der Waals surface area contributed by atoms with Gasteiger partial charge in [0.15, 0.2) is 0 Å². The van der Waals surface area contributed by atoms with Crippen LogP contribution in [0.5, 0.6) is 0 Å². The second-order valence-electron chi connectivity index (χ2n) is 7.27. The topological polar surface area (TPSA) is 75.4 Å². The molecule has 5 heteroatoms. The zero-order valence-electron chi connectivity index (χ0n) is 14.4. The van der Waals surface area contributed by atoms with Gasteiger partial charge >= 0.3 is 0 Å². The summed E-state index contributed by atoms with van der Waals surface area (Å²) in [6.07, 6.45) is 4.17. The first kappa shape index (κ1) is 17.0. The molecule has 0 spiro atoms. The fourth-order valence-corrected chi connectivity index (χ4v) is 3.58. The van der Waals surface area contributed by atoms with E-state index in [4.69, 9.17) is 5.73 Å². The maximum absolute atomic E-state index is 12.4. The molecule has 0 aromatic heterocycles. The van der Waals surface area contributed by atoms with Crippen LogP contribution in [0.25, 0.3) is 0 Å². The van der Waals surface area contributed by atoms with Crippen molar-refractivity contribution in [2.24, 2.45) is 11.7 Å². The highest BCUT2D eigenvalue weighted by Gasteiger charge is 2.45. The summed E-state index contributed by atoms with van der Waals surface area (Å²) in [6.45, 7) is 4.53. The van der Waals surface area contributed by atoms with Gasteiger partial charge in [0, 0.05) is 18.9 Å². The van der Waals surface area contributed by atoms with E-state index < -0.39 is 0 Å². The fourth-order valence-electron chi connectivity index (χ4n) is 3.58. The van der Waals surface area contributed by atoms with E-state index in [0.29, 0.717) is 6.42 Å². The standard InChI is InChI=1S/C19H27N3O2/c1-14-3-2-4-16(13-14)19(8-9-19)21-17(23)7-12-22-10-5-15(6-11-22)18(20)24/h2-4,13,15H,5-12H2,1H3,(H2,20,24)(H,21,23). The van der Waals surface area contributed by atoms with E-state index in [9.17, 15) is 9.59 Å². The number of likely N-dealkylation sites (tertiary alicyclic amines) is 1. The molecule has 2 fully saturated rings. The van der Waals surface area contributed by atoms with Gasteiger partial charge in [0.05, 0.1) is 5.54 Å². The van der Waals surface area contributed by atoms with E-state index in [1.165, 1.54) is 11.1 Å². The maximum Gasteiger partial charge on any atom is 0.221 e. The molecule has 5 nitrogen and oxygen atoms in total. The quantitative estimate of drug-likeness (QED) is 0.834. The number of amides is 2. The van der Waals surface area contributed by atoms with Crippen molar-refractivity contribution in [1.29, 1.82) is 0 Å². The number of piperidine rings is 1. The molecule has 1 aliphatic heterocycles. The predicted octanol–water partition coefficient (Wildman–Crippen LogP) is 1.69. The molecule has 1 aromatic carbocycles. The van der Waals surface area contributed by atoms with E-state index in [1.54, 1.807) is 0 Å². The molecule has 1 aromatic rings. The van der Waals surface area contributed by atoms with E-state index in [1.807, 2.05) is 0 Å². The Hall–Kier alpha value is -1.88. The lowest BCUT2D eigenvalue weighted by Crippen LogP contribution is -2.41. The number of nitrogens with zero attached hydrogens (tertiary/aromatic N) is 1. The Bertz CT molecular complexity index is 617. The van der Waals surface area contributed by atoms with Crippen LogP contribution in [-0.4, -0.2) is 36.3 Å². The van der Waals surface area contributed by atoms with Crippen LogP contribution < -0.4 is 11.1 Å². The van der Waals surface area contributed by atoms with E-state index in [0.717, 1.165) is 45.3 Å². The molecular formula is C19H27N3O2. The lowest BCUT2D eigenvalue weighted by molar-refractivity contribution is -0.124. The summed E-state index contributed by atoms with van der Waals surface area (Å²) in [5, 5.41) is 3.24. The van der Waals surface area contributed by atoms with Crippen LogP contribution in [0.15, 0.2) is 24.3 Å². The monoisotopic (exact) mass is 329 g/mol. The van der Waals surface area contributed by atoms with Crippen molar-refractivity contribution in [2.75, 3.05) is 19.6 Å². The Morgan fingerprint density at radius 1 is 1.29 bits per heavy atom. The number of nitrogens with one attached hydrogen (secondary N) is 1. The molecule has 2 aliphatic rings. The molecule has 2 amide bonds. The van der Waals surface area contributed by atoms with Gasteiger partial charge in [0.2, 0.25) is 11.8 Å². The van der Waals surface area contributed by atoms with Gasteiger partial charge in [-0.2, -0.15) is 0 Å². The third-order valence-electron chi connectivity index (χ3n) is 5.34. The van der Waals surface area contributed by atoms with Gasteiger partial charge in [-0.25, -0.2) is 0 Å². The van der Waals surface area contributed by atoms with Crippen molar-refractivity contribution in [3.63, 3.8) is 0 Å². The first-order valence-electron chi connectivity index (χ1n) is 8.88. The number of primary amides is 1. The normalized spacial score (nSPS) is 20.5. The number of hydrogen-bond acceptors (Lipinski definition) is 3. The Labute approximate surface area is 143 Å². The molecule has 0 atom stereocenters. The average Bonchev–Trinajstić information content (AvgIpc) is 3.34. The molecule has 1 heterocycles. The van der Waals surface area contributed by atoms with Crippen LogP contribution in [0.1, 0.15) is 43.2 Å². The van der Waals surface area contributed by atoms with Crippen LogP contribution in [0.2, 0.25) is 0 Å². The number of nitrogens with two attached hydrogens (primary N) is 1. The van der Waals surface area contributed by atoms with Gasteiger partial charge in [-0.3, -0.25) is 9.59 Å². The summed E-state index contributed by atoms with van der Waals surface area (Å²) in [4.78, 5) is 25.8. The third kappa shape index (κ3) is 3.96. The molecule has 3 N–H and O–H groups in total. The summed E-state index contributed by atoms with van der Waals surface area (Å²) >= 11 is 0. The Morgan fingerprint density at radius 3 is 2.58 bits per heavy atom. The number of hydrogen-bond donors (Lipinski definition) is 2. The summed E-state index contributed by atoms with van der Waals surface area (Å²) in [5.74, 6) is -0.0709. The molecular weight excluding hydrogens is 302 g/mol. The lowest BCUT2D eigenvalue weighted by Gasteiger charge is -2.30. The van der Waals surface area contributed by atoms with E-state index in [-0.39, 0.29) is 23.3 Å². The zero-order chi connectivity index (χ0) is 17.2. The van der Waals surface area contributed by atoms with E-state index in [2.05, 4.69) is 41.4 Å².